The van der Waals surface area contributed by atoms with Crippen LogP contribution in [0.2, 0.25) is 0 Å². The Morgan fingerprint density at radius 3 is 2.72 bits per heavy atom. The van der Waals surface area contributed by atoms with Gasteiger partial charge in [0.2, 0.25) is 0 Å². The molecule has 0 saturated carbocycles. The number of aromatic amines is 2. The second-order valence-electron chi connectivity index (χ2n) is 6.02. The van der Waals surface area contributed by atoms with E-state index in [0.717, 1.165) is 39.0 Å². The molecule has 122 valence electrons. The average Bonchev–Trinajstić information content (AvgIpc) is 3.19. The summed E-state index contributed by atoms with van der Waals surface area (Å²) in [6.07, 6.45) is 1.89. The summed E-state index contributed by atoms with van der Waals surface area (Å²) in [6.45, 7) is 3.86. The van der Waals surface area contributed by atoms with Crippen molar-refractivity contribution in [2.45, 2.75) is 13.8 Å². The number of nitrogens with one attached hydrogen (secondary N) is 2. The Morgan fingerprint density at radius 1 is 1.16 bits per heavy atom. The fourth-order valence-electron chi connectivity index (χ4n) is 3.19. The summed E-state index contributed by atoms with van der Waals surface area (Å²) < 4.78 is 0. The molecule has 4 aromatic rings. The number of nitriles is 1. The SMILES string of the molecule is Cc1n[nH]c(C)c1-c1cc(-c2ccc3[nH]ccc3c2)c(C#N)c(N)n1. The number of rotatable bonds is 2. The fraction of sp³-hybridized carbons (Fsp3) is 0.105. The molecule has 6 heteroatoms. The number of benzene rings is 1. The highest BCUT2D eigenvalue weighted by Gasteiger charge is 2.17. The van der Waals surface area contributed by atoms with Crippen molar-refractivity contribution in [3.05, 3.63) is 53.5 Å². The summed E-state index contributed by atoms with van der Waals surface area (Å²) >= 11 is 0. The van der Waals surface area contributed by atoms with Gasteiger partial charge in [-0.25, -0.2) is 4.98 Å². The van der Waals surface area contributed by atoms with E-state index in [1.807, 2.05) is 50.4 Å². The molecule has 25 heavy (non-hydrogen) atoms. The lowest BCUT2D eigenvalue weighted by atomic mass is 9.97. The number of hydrogen-bond acceptors (Lipinski definition) is 4. The lowest BCUT2D eigenvalue weighted by molar-refractivity contribution is 1.02. The number of nitrogens with two attached hydrogens (primary N) is 1. The molecule has 3 aromatic heterocycles. The molecule has 0 aliphatic rings. The third kappa shape index (κ3) is 2.34. The first-order valence-electron chi connectivity index (χ1n) is 7.88. The number of pyridine rings is 1. The highest BCUT2D eigenvalue weighted by Crippen LogP contribution is 2.34. The average molecular weight is 328 g/mol. The second kappa shape index (κ2) is 5.49. The van der Waals surface area contributed by atoms with Crippen LogP contribution in [0.25, 0.3) is 33.3 Å². The van der Waals surface area contributed by atoms with Crippen LogP contribution < -0.4 is 5.73 Å². The van der Waals surface area contributed by atoms with Gasteiger partial charge in [0, 0.05) is 28.5 Å². The number of fused-ring (bicyclic) bond motifs is 1. The number of hydrogen-bond donors (Lipinski definition) is 3. The van der Waals surface area contributed by atoms with Crippen LogP contribution in [0.4, 0.5) is 5.82 Å². The van der Waals surface area contributed by atoms with Crippen LogP contribution in [0.3, 0.4) is 0 Å². The summed E-state index contributed by atoms with van der Waals surface area (Å²) in [4.78, 5) is 7.61. The Labute approximate surface area is 144 Å². The van der Waals surface area contributed by atoms with Crippen LogP contribution in [-0.4, -0.2) is 20.2 Å². The number of nitrogens with zero attached hydrogens (tertiary/aromatic N) is 3. The first kappa shape index (κ1) is 15.0. The first-order chi connectivity index (χ1) is 12.1. The number of anilines is 1. The van der Waals surface area contributed by atoms with Crippen molar-refractivity contribution >= 4 is 16.7 Å². The van der Waals surface area contributed by atoms with Gasteiger partial charge in [0.05, 0.1) is 11.4 Å². The number of H-pyrrole nitrogens is 2. The van der Waals surface area contributed by atoms with E-state index in [1.54, 1.807) is 0 Å². The summed E-state index contributed by atoms with van der Waals surface area (Å²) in [5, 5.41) is 17.8. The Hall–Kier alpha value is -3.59. The smallest absolute Gasteiger partial charge is 0.142 e. The van der Waals surface area contributed by atoms with Crippen molar-refractivity contribution in [1.82, 2.24) is 20.2 Å². The van der Waals surface area contributed by atoms with Gasteiger partial charge in [0.25, 0.3) is 0 Å². The molecule has 6 nitrogen and oxygen atoms in total. The van der Waals surface area contributed by atoms with Gasteiger partial charge in [-0.2, -0.15) is 10.4 Å². The topological polar surface area (TPSA) is 107 Å². The molecular formula is C19H16N6. The normalized spacial score (nSPS) is 10.9. The van der Waals surface area contributed by atoms with Gasteiger partial charge < -0.3 is 10.7 Å². The molecule has 0 spiro atoms. The van der Waals surface area contributed by atoms with E-state index >= 15 is 0 Å². The van der Waals surface area contributed by atoms with E-state index in [4.69, 9.17) is 5.73 Å². The van der Waals surface area contributed by atoms with Crippen molar-refractivity contribution in [2.75, 3.05) is 5.73 Å². The number of nitrogen functional groups attached to an aromatic ring is 1. The predicted octanol–water partition coefficient (Wildman–Crippen LogP) is 3.69. The van der Waals surface area contributed by atoms with Crippen molar-refractivity contribution < 1.29 is 0 Å². The van der Waals surface area contributed by atoms with E-state index in [0.29, 0.717) is 11.3 Å². The first-order valence-corrected chi connectivity index (χ1v) is 7.88. The molecule has 4 N–H and O–H groups in total. The van der Waals surface area contributed by atoms with Crippen LogP contribution in [-0.2, 0) is 0 Å². The largest absolute Gasteiger partial charge is 0.383 e. The number of aryl methyl sites for hydroxylation is 2. The summed E-state index contributed by atoms with van der Waals surface area (Å²) in [7, 11) is 0. The maximum absolute atomic E-state index is 9.57. The summed E-state index contributed by atoms with van der Waals surface area (Å²) in [5.41, 5.74) is 12.6. The molecule has 0 unspecified atom stereocenters. The van der Waals surface area contributed by atoms with Gasteiger partial charge in [-0.3, -0.25) is 5.10 Å². The third-order valence-electron chi connectivity index (χ3n) is 4.41. The van der Waals surface area contributed by atoms with E-state index in [-0.39, 0.29) is 5.82 Å². The molecule has 0 atom stereocenters. The highest BCUT2D eigenvalue weighted by molar-refractivity contribution is 5.88. The molecule has 0 aliphatic heterocycles. The molecule has 0 aliphatic carbocycles. The maximum Gasteiger partial charge on any atom is 0.142 e. The molecule has 0 radical (unpaired) electrons. The van der Waals surface area contributed by atoms with Gasteiger partial charge in [-0.05, 0) is 49.1 Å². The molecule has 0 fully saturated rings. The van der Waals surface area contributed by atoms with Crippen molar-refractivity contribution in [3.63, 3.8) is 0 Å². The van der Waals surface area contributed by atoms with Crippen LogP contribution in [0.15, 0.2) is 36.5 Å². The number of aromatic nitrogens is 4. The van der Waals surface area contributed by atoms with Gasteiger partial charge in [0.15, 0.2) is 0 Å². The zero-order valence-corrected chi connectivity index (χ0v) is 13.9. The van der Waals surface area contributed by atoms with Crippen LogP contribution in [0.5, 0.6) is 0 Å². The Kier molecular flexibility index (Phi) is 3.29. The van der Waals surface area contributed by atoms with E-state index in [1.165, 1.54) is 0 Å². The minimum atomic E-state index is 0.226. The van der Waals surface area contributed by atoms with E-state index < -0.39 is 0 Å². The Balaban J connectivity index is 1.99. The Morgan fingerprint density at radius 2 is 2.00 bits per heavy atom. The van der Waals surface area contributed by atoms with Crippen molar-refractivity contribution in [3.8, 4) is 28.5 Å². The molecule has 0 amide bonds. The van der Waals surface area contributed by atoms with E-state index in [2.05, 4.69) is 26.2 Å². The minimum absolute atomic E-state index is 0.226. The molecule has 4 rings (SSSR count). The fourth-order valence-corrected chi connectivity index (χ4v) is 3.19. The molecule has 0 bridgehead atoms. The zero-order chi connectivity index (χ0) is 17.6. The maximum atomic E-state index is 9.57. The van der Waals surface area contributed by atoms with E-state index in [9.17, 15) is 5.26 Å². The summed E-state index contributed by atoms with van der Waals surface area (Å²) in [6, 6.07) is 12.1. The quantitative estimate of drug-likeness (QED) is 0.521. The highest BCUT2D eigenvalue weighted by atomic mass is 15.1. The van der Waals surface area contributed by atoms with Crippen LogP contribution in [0.1, 0.15) is 17.0 Å². The van der Waals surface area contributed by atoms with Gasteiger partial charge in [0.1, 0.15) is 17.5 Å². The summed E-state index contributed by atoms with van der Waals surface area (Å²) in [5.74, 6) is 0.226. The lowest BCUT2D eigenvalue weighted by Crippen LogP contribution is -2.00. The monoisotopic (exact) mass is 328 g/mol. The molecule has 1 aromatic carbocycles. The minimum Gasteiger partial charge on any atom is -0.383 e. The Bertz CT molecular complexity index is 1120. The standard InChI is InChI=1S/C19H16N6/c1-10-18(11(2)25-24-10)17-8-14(15(9-20)19(21)23-17)12-3-4-16-13(7-12)5-6-22-16/h3-8,22H,1-2H3,(H2,21,23)(H,24,25). The lowest BCUT2D eigenvalue weighted by Gasteiger charge is -2.10. The van der Waals surface area contributed by atoms with Crippen LogP contribution >= 0.6 is 0 Å². The van der Waals surface area contributed by atoms with Crippen molar-refractivity contribution in [1.29, 1.82) is 5.26 Å². The van der Waals surface area contributed by atoms with Gasteiger partial charge >= 0.3 is 0 Å². The van der Waals surface area contributed by atoms with Crippen molar-refractivity contribution in [2.24, 2.45) is 0 Å². The molecular weight excluding hydrogens is 312 g/mol. The molecule has 3 heterocycles. The zero-order valence-electron chi connectivity index (χ0n) is 13.9. The van der Waals surface area contributed by atoms with Crippen LogP contribution in [0, 0.1) is 25.2 Å². The van der Waals surface area contributed by atoms with Gasteiger partial charge in [-0.15, -0.1) is 0 Å². The second-order valence-corrected chi connectivity index (χ2v) is 6.02. The molecule has 0 saturated heterocycles. The van der Waals surface area contributed by atoms with Gasteiger partial charge in [-0.1, -0.05) is 6.07 Å². The predicted molar refractivity (Wildman–Crippen MR) is 97.7 cm³/mol. The third-order valence-corrected chi connectivity index (χ3v) is 4.41.